The maximum Gasteiger partial charge on any atom is 0.130 e. The Morgan fingerprint density at radius 3 is 2.68 bits per heavy atom. The third-order valence-corrected chi connectivity index (χ3v) is 4.34. The van der Waals surface area contributed by atoms with Gasteiger partial charge in [-0.05, 0) is 46.5 Å². The predicted molar refractivity (Wildman–Crippen MR) is 80.6 cm³/mol. The van der Waals surface area contributed by atoms with Crippen molar-refractivity contribution >= 4 is 5.82 Å². The van der Waals surface area contributed by atoms with Crippen LogP contribution in [0.5, 0.6) is 0 Å². The lowest BCUT2D eigenvalue weighted by atomic mass is 10.1. The van der Waals surface area contributed by atoms with Crippen molar-refractivity contribution in [2.75, 3.05) is 4.90 Å². The number of aromatic nitrogens is 2. The van der Waals surface area contributed by atoms with Gasteiger partial charge in [-0.15, -0.1) is 0 Å². The minimum absolute atomic E-state index is 0.180. The molecule has 0 aromatic carbocycles. The van der Waals surface area contributed by atoms with Gasteiger partial charge in [0.2, 0.25) is 0 Å². The summed E-state index contributed by atoms with van der Waals surface area (Å²) >= 11 is 0. The van der Waals surface area contributed by atoms with E-state index in [-0.39, 0.29) is 6.04 Å². The number of aryl methyl sites for hydroxylation is 2. The zero-order valence-corrected chi connectivity index (χ0v) is 13.0. The smallest absolute Gasteiger partial charge is 0.130 e. The van der Waals surface area contributed by atoms with Crippen LogP contribution in [0.15, 0.2) is 0 Å². The van der Waals surface area contributed by atoms with Gasteiger partial charge >= 0.3 is 0 Å². The summed E-state index contributed by atoms with van der Waals surface area (Å²) in [6, 6.07) is 1.43. The summed E-state index contributed by atoms with van der Waals surface area (Å²) in [6.07, 6.45) is 4.68. The first-order valence-corrected chi connectivity index (χ1v) is 7.52. The molecule has 2 N–H and O–H groups in total. The third-order valence-electron chi connectivity index (χ3n) is 4.34. The van der Waals surface area contributed by atoms with Gasteiger partial charge in [-0.1, -0.05) is 6.92 Å². The summed E-state index contributed by atoms with van der Waals surface area (Å²) in [7, 11) is 2.06. The van der Waals surface area contributed by atoms with Gasteiger partial charge < -0.3 is 10.6 Å². The Morgan fingerprint density at radius 1 is 1.42 bits per heavy atom. The second-order valence-electron chi connectivity index (χ2n) is 6.09. The molecule has 3 atom stereocenters. The summed E-state index contributed by atoms with van der Waals surface area (Å²) in [5.74, 6) is 1.30. The second kappa shape index (κ2) is 5.53. The van der Waals surface area contributed by atoms with Gasteiger partial charge in [0, 0.05) is 30.7 Å². The molecule has 108 valence electrons. The average molecular weight is 264 g/mol. The molecule has 1 aliphatic rings. The van der Waals surface area contributed by atoms with Crippen LogP contribution in [-0.2, 0) is 13.5 Å². The molecule has 0 saturated carbocycles. The zero-order chi connectivity index (χ0) is 14.2. The van der Waals surface area contributed by atoms with Gasteiger partial charge in [-0.2, -0.15) is 5.10 Å². The van der Waals surface area contributed by atoms with Crippen molar-refractivity contribution in [1.29, 1.82) is 0 Å². The Bertz CT molecular complexity index is 436. The van der Waals surface area contributed by atoms with E-state index >= 15 is 0 Å². The Labute approximate surface area is 117 Å². The van der Waals surface area contributed by atoms with E-state index in [2.05, 4.69) is 49.4 Å². The molecule has 0 radical (unpaired) electrons. The van der Waals surface area contributed by atoms with E-state index in [1.165, 1.54) is 30.6 Å². The Balaban J connectivity index is 2.42. The lowest BCUT2D eigenvalue weighted by Gasteiger charge is -2.31. The fraction of sp³-hybridized carbons (Fsp3) is 0.800. The summed E-state index contributed by atoms with van der Waals surface area (Å²) in [5.41, 5.74) is 8.48. The van der Waals surface area contributed by atoms with E-state index in [9.17, 15) is 0 Å². The maximum atomic E-state index is 6.02. The lowest BCUT2D eigenvalue weighted by molar-refractivity contribution is 0.594. The van der Waals surface area contributed by atoms with Crippen LogP contribution < -0.4 is 10.6 Å². The predicted octanol–water partition coefficient (Wildman–Crippen LogP) is 2.39. The molecule has 0 amide bonds. The molecular weight excluding hydrogens is 236 g/mol. The molecule has 4 nitrogen and oxygen atoms in total. The lowest BCUT2D eigenvalue weighted by Crippen LogP contribution is -2.36. The highest BCUT2D eigenvalue weighted by molar-refractivity contribution is 5.53. The number of nitrogens with two attached hydrogens (primary N) is 1. The number of rotatable bonds is 4. The van der Waals surface area contributed by atoms with Gasteiger partial charge in [0.25, 0.3) is 0 Å². The first kappa shape index (κ1) is 14.4. The fourth-order valence-corrected chi connectivity index (χ4v) is 3.43. The van der Waals surface area contributed by atoms with Crippen molar-refractivity contribution in [3.63, 3.8) is 0 Å². The van der Waals surface area contributed by atoms with E-state index in [1.54, 1.807) is 0 Å². The average Bonchev–Trinajstić information content (AvgIpc) is 2.80. The van der Waals surface area contributed by atoms with Crippen LogP contribution in [0.4, 0.5) is 5.82 Å². The normalized spacial score (nSPS) is 25.1. The molecule has 1 fully saturated rings. The SMILES string of the molecule is CCC1CCC(C)N1c1c(CC(C)N)c(C)nn1C. The number of hydrogen-bond donors (Lipinski definition) is 1. The Hall–Kier alpha value is -1.03. The molecule has 1 aliphatic heterocycles. The molecule has 0 aliphatic carbocycles. The summed E-state index contributed by atoms with van der Waals surface area (Å²) in [4.78, 5) is 2.58. The second-order valence-corrected chi connectivity index (χ2v) is 6.09. The standard InChI is InChI=1S/C15H28N4/c1-6-13-8-7-11(3)19(13)15-14(9-10(2)16)12(4)17-18(15)5/h10-11,13H,6-9,16H2,1-5H3. The molecule has 2 rings (SSSR count). The van der Waals surface area contributed by atoms with E-state index in [1.807, 2.05) is 0 Å². The highest BCUT2D eigenvalue weighted by Gasteiger charge is 2.33. The van der Waals surface area contributed by atoms with Crippen LogP contribution in [0.2, 0.25) is 0 Å². The minimum atomic E-state index is 0.180. The first-order chi connectivity index (χ1) is 8.95. The molecule has 0 bridgehead atoms. The number of nitrogens with zero attached hydrogens (tertiary/aromatic N) is 3. The van der Waals surface area contributed by atoms with Gasteiger partial charge in [-0.3, -0.25) is 4.68 Å². The molecule has 3 unspecified atom stereocenters. The summed E-state index contributed by atoms with van der Waals surface area (Å²) in [5, 5.41) is 4.63. The molecular formula is C15H28N4. The van der Waals surface area contributed by atoms with Gasteiger partial charge in [0.15, 0.2) is 0 Å². The highest BCUT2D eigenvalue weighted by atomic mass is 15.4. The van der Waals surface area contributed by atoms with Crippen molar-refractivity contribution in [3.8, 4) is 0 Å². The third kappa shape index (κ3) is 2.64. The van der Waals surface area contributed by atoms with E-state index in [0.717, 1.165) is 12.1 Å². The molecule has 0 spiro atoms. The quantitative estimate of drug-likeness (QED) is 0.908. The summed E-state index contributed by atoms with van der Waals surface area (Å²) in [6.45, 7) is 8.78. The van der Waals surface area contributed by atoms with E-state index in [4.69, 9.17) is 5.73 Å². The fourth-order valence-electron chi connectivity index (χ4n) is 3.43. The van der Waals surface area contributed by atoms with E-state index < -0.39 is 0 Å². The molecule has 1 aromatic heterocycles. The van der Waals surface area contributed by atoms with Crippen molar-refractivity contribution in [2.45, 2.75) is 71.5 Å². The van der Waals surface area contributed by atoms with Crippen molar-refractivity contribution in [1.82, 2.24) is 9.78 Å². The largest absolute Gasteiger partial charge is 0.351 e. The van der Waals surface area contributed by atoms with Gasteiger partial charge in [0.1, 0.15) is 5.82 Å². The topological polar surface area (TPSA) is 47.1 Å². The van der Waals surface area contributed by atoms with E-state index in [0.29, 0.717) is 12.1 Å². The van der Waals surface area contributed by atoms with Crippen molar-refractivity contribution in [2.24, 2.45) is 12.8 Å². The van der Waals surface area contributed by atoms with Gasteiger partial charge in [0.05, 0.1) is 5.69 Å². The minimum Gasteiger partial charge on any atom is -0.351 e. The van der Waals surface area contributed by atoms with Crippen molar-refractivity contribution in [3.05, 3.63) is 11.3 Å². The Kier molecular flexibility index (Phi) is 4.19. The zero-order valence-electron chi connectivity index (χ0n) is 13.0. The summed E-state index contributed by atoms with van der Waals surface area (Å²) < 4.78 is 2.05. The molecule has 1 saturated heterocycles. The first-order valence-electron chi connectivity index (χ1n) is 7.52. The molecule has 4 heteroatoms. The molecule has 19 heavy (non-hydrogen) atoms. The number of anilines is 1. The van der Waals surface area contributed by atoms with Crippen LogP contribution >= 0.6 is 0 Å². The van der Waals surface area contributed by atoms with Crippen LogP contribution in [0, 0.1) is 6.92 Å². The maximum absolute atomic E-state index is 6.02. The van der Waals surface area contributed by atoms with Crippen LogP contribution in [0.25, 0.3) is 0 Å². The Morgan fingerprint density at radius 2 is 2.11 bits per heavy atom. The molecule has 2 heterocycles. The van der Waals surface area contributed by atoms with Crippen LogP contribution in [0.1, 0.15) is 51.3 Å². The molecule has 1 aromatic rings. The number of hydrogen-bond acceptors (Lipinski definition) is 3. The monoisotopic (exact) mass is 264 g/mol. The van der Waals surface area contributed by atoms with Gasteiger partial charge in [-0.25, -0.2) is 0 Å². The van der Waals surface area contributed by atoms with Crippen molar-refractivity contribution < 1.29 is 0 Å². The highest BCUT2D eigenvalue weighted by Crippen LogP contribution is 2.35. The van der Waals surface area contributed by atoms with Crippen LogP contribution in [0.3, 0.4) is 0 Å². The van der Waals surface area contributed by atoms with Crippen LogP contribution in [-0.4, -0.2) is 27.9 Å².